The zero-order valence-electron chi connectivity index (χ0n) is 20.2. The van der Waals surface area contributed by atoms with Crippen LogP contribution in [0.25, 0.3) is 10.4 Å². The van der Waals surface area contributed by atoms with E-state index in [1.54, 1.807) is 0 Å². The molecule has 1 N–H and O–H groups in total. The van der Waals surface area contributed by atoms with Crippen molar-refractivity contribution in [3.05, 3.63) is 118 Å². The van der Waals surface area contributed by atoms with Crippen LogP contribution in [0.5, 0.6) is 0 Å². The zero-order valence-corrected chi connectivity index (χ0v) is 20.2. The molecule has 0 spiro atoms. The van der Waals surface area contributed by atoms with Gasteiger partial charge in [-0.25, -0.2) is 4.79 Å². The Labute approximate surface area is 215 Å². The predicted molar refractivity (Wildman–Crippen MR) is 135 cm³/mol. The molecule has 9 nitrogen and oxygen atoms in total. The molecule has 5 atom stereocenters. The van der Waals surface area contributed by atoms with E-state index in [1.807, 2.05) is 91.0 Å². The van der Waals surface area contributed by atoms with Gasteiger partial charge in [0.1, 0.15) is 18.3 Å². The van der Waals surface area contributed by atoms with Crippen LogP contribution in [-0.4, -0.2) is 48.1 Å². The highest BCUT2D eigenvalue weighted by Gasteiger charge is 2.50. The average Bonchev–Trinajstić information content (AvgIpc) is 2.94. The van der Waals surface area contributed by atoms with Gasteiger partial charge in [-0.2, -0.15) is 0 Å². The van der Waals surface area contributed by atoms with Crippen molar-refractivity contribution in [3.8, 4) is 0 Å². The van der Waals surface area contributed by atoms with Crippen LogP contribution in [0.1, 0.15) is 16.7 Å². The number of benzene rings is 3. The van der Waals surface area contributed by atoms with E-state index in [-0.39, 0.29) is 26.4 Å². The van der Waals surface area contributed by atoms with E-state index in [1.165, 1.54) is 0 Å². The molecular weight excluding hydrogens is 474 g/mol. The number of carbonyl (C=O) groups is 1. The summed E-state index contributed by atoms with van der Waals surface area (Å²) in [6.45, 7) is 0.491. The second-order valence-electron chi connectivity index (χ2n) is 8.63. The first-order chi connectivity index (χ1) is 18.2. The Morgan fingerprint density at radius 1 is 0.757 bits per heavy atom. The molecule has 1 aliphatic rings. The van der Waals surface area contributed by atoms with Crippen molar-refractivity contribution in [3.63, 3.8) is 0 Å². The minimum atomic E-state index is -1.35. The number of ether oxygens (including phenoxy) is 4. The number of hydrogen-bond acceptors (Lipinski definition) is 6. The molecule has 0 unspecified atom stereocenters. The number of nitrogens with zero attached hydrogens (tertiary/aromatic N) is 3. The van der Waals surface area contributed by atoms with E-state index < -0.39 is 36.5 Å². The lowest BCUT2D eigenvalue weighted by Gasteiger charge is -2.44. The van der Waals surface area contributed by atoms with Crippen LogP contribution in [0, 0.1) is 0 Å². The maximum absolute atomic E-state index is 12.3. The fourth-order valence-corrected chi connectivity index (χ4v) is 4.25. The summed E-state index contributed by atoms with van der Waals surface area (Å²) in [5.41, 5.74) is 11.7. The van der Waals surface area contributed by atoms with E-state index in [9.17, 15) is 9.90 Å². The van der Waals surface area contributed by atoms with Crippen molar-refractivity contribution in [1.29, 1.82) is 0 Å². The number of carboxylic acid groups (broad SMARTS) is 1. The topological polar surface area (TPSA) is 123 Å². The molecule has 0 amide bonds. The third-order valence-corrected chi connectivity index (χ3v) is 6.06. The summed E-state index contributed by atoms with van der Waals surface area (Å²) in [4.78, 5) is 15.1. The highest BCUT2D eigenvalue weighted by atomic mass is 16.6. The summed E-state index contributed by atoms with van der Waals surface area (Å²) >= 11 is 0. The maximum atomic E-state index is 12.3. The molecule has 37 heavy (non-hydrogen) atoms. The number of carboxylic acids is 1. The monoisotopic (exact) mass is 503 g/mol. The van der Waals surface area contributed by atoms with Crippen LogP contribution in [0.2, 0.25) is 0 Å². The van der Waals surface area contributed by atoms with Gasteiger partial charge >= 0.3 is 5.97 Å². The molecule has 4 rings (SSSR count). The van der Waals surface area contributed by atoms with E-state index in [4.69, 9.17) is 24.5 Å². The van der Waals surface area contributed by atoms with Crippen molar-refractivity contribution in [2.45, 2.75) is 50.3 Å². The number of rotatable bonds is 12. The van der Waals surface area contributed by atoms with Gasteiger partial charge in [0.2, 0.25) is 0 Å². The van der Waals surface area contributed by atoms with Crippen LogP contribution >= 0.6 is 0 Å². The second-order valence-corrected chi connectivity index (χ2v) is 8.63. The molecule has 1 heterocycles. The van der Waals surface area contributed by atoms with Gasteiger partial charge < -0.3 is 24.1 Å². The molecule has 9 heteroatoms. The summed E-state index contributed by atoms with van der Waals surface area (Å²) in [7, 11) is 0. The van der Waals surface area contributed by atoms with Gasteiger partial charge in [0.25, 0.3) is 0 Å². The van der Waals surface area contributed by atoms with E-state index in [0.717, 1.165) is 16.7 Å². The van der Waals surface area contributed by atoms with Crippen LogP contribution in [0.3, 0.4) is 0 Å². The van der Waals surface area contributed by atoms with Crippen molar-refractivity contribution in [2.24, 2.45) is 5.11 Å². The standard InChI is InChI=1S/C28H29N3O6/c29-31-30-16-23-24(34-17-20-10-4-1-5-11-20)25(35-18-21-12-6-2-7-13-21)26(27(37-23)28(32)33)36-19-22-14-8-3-9-15-22/h1-15,23-27H,16-19H2,(H,32,33)/t23-,24-,25+,26-,27-/m1/s1. The first-order valence-electron chi connectivity index (χ1n) is 12.0. The number of azide groups is 1. The number of hydrogen-bond donors (Lipinski definition) is 1. The lowest BCUT2D eigenvalue weighted by atomic mass is 9.93. The van der Waals surface area contributed by atoms with E-state index in [2.05, 4.69) is 10.0 Å². The van der Waals surface area contributed by atoms with Gasteiger partial charge in [-0.3, -0.25) is 0 Å². The van der Waals surface area contributed by atoms with Crippen molar-refractivity contribution in [2.75, 3.05) is 6.54 Å². The van der Waals surface area contributed by atoms with Gasteiger partial charge in [0.15, 0.2) is 6.10 Å². The quantitative estimate of drug-likeness (QED) is 0.213. The van der Waals surface area contributed by atoms with Crippen molar-refractivity contribution in [1.82, 2.24) is 0 Å². The van der Waals surface area contributed by atoms with Crippen molar-refractivity contribution < 1.29 is 28.8 Å². The molecule has 3 aromatic carbocycles. The fourth-order valence-electron chi connectivity index (χ4n) is 4.25. The first kappa shape index (κ1) is 26.3. The van der Waals surface area contributed by atoms with E-state index >= 15 is 0 Å². The minimum absolute atomic E-state index is 0.115. The molecule has 1 aliphatic heterocycles. The van der Waals surface area contributed by atoms with Gasteiger partial charge in [0.05, 0.1) is 32.5 Å². The Bertz CT molecular complexity index is 1160. The average molecular weight is 504 g/mol. The highest BCUT2D eigenvalue weighted by molar-refractivity contribution is 5.73. The van der Waals surface area contributed by atoms with Crippen LogP contribution in [0.15, 0.2) is 96.1 Å². The maximum Gasteiger partial charge on any atom is 0.335 e. The third kappa shape index (κ3) is 7.39. The molecule has 0 saturated carbocycles. The fraction of sp³-hybridized carbons (Fsp3) is 0.321. The molecule has 0 aliphatic carbocycles. The second kappa shape index (κ2) is 13.5. The minimum Gasteiger partial charge on any atom is -0.479 e. The van der Waals surface area contributed by atoms with Gasteiger partial charge in [-0.15, -0.1) is 0 Å². The molecule has 0 radical (unpaired) electrons. The smallest absolute Gasteiger partial charge is 0.335 e. The summed E-state index contributed by atoms with van der Waals surface area (Å²) in [6.07, 6.45) is -4.75. The predicted octanol–water partition coefficient (Wildman–Crippen LogP) is 4.90. The van der Waals surface area contributed by atoms with Crippen LogP contribution in [0.4, 0.5) is 0 Å². The summed E-state index contributed by atoms with van der Waals surface area (Å²) in [6, 6.07) is 28.6. The Morgan fingerprint density at radius 2 is 1.19 bits per heavy atom. The molecule has 1 saturated heterocycles. The normalized spacial score (nSPS) is 23.2. The molecule has 1 fully saturated rings. The van der Waals surface area contributed by atoms with Gasteiger partial charge in [0, 0.05) is 4.91 Å². The highest BCUT2D eigenvalue weighted by Crippen LogP contribution is 2.31. The molecular formula is C28H29N3O6. The summed E-state index contributed by atoms with van der Waals surface area (Å²) in [5, 5.41) is 13.7. The van der Waals surface area contributed by atoms with Gasteiger partial charge in [-0.05, 0) is 22.2 Å². The Kier molecular flexibility index (Phi) is 9.65. The Balaban J connectivity index is 1.64. The largest absolute Gasteiger partial charge is 0.479 e. The van der Waals surface area contributed by atoms with E-state index in [0.29, 0.717) is 0 Å². The lowest BCUT2D eigenvalue weighted by Crippen LogP contribution is -2.62. The molecule has 0 aromatic heterocycles. The van der Waals surface area contributed by atoms with Crippen LogP contribution < -0.4 is 0 Å². The summed E-state index contributed by atoms with van der Waals surface area (Å²) in [5.74, 6) is -1.20. The SMILES string of the molecule is [N-]=[N+]=NC[C@H]1O[C@@H](C(=O)O)[C@H](OCc2ccccc2)[C@@H](OCc2ccccc2)[C@@H]1OCc1ccccc1. The molecule has 0 bridgehead atoms. The van der Waals surface area contributed by atoms with Gasteiger partial charge in [-0.1, -0.05) is 96.1 Å². The molecule has 192 valence electrons. The number of aliphatic carboxylic acids is 1. The lowest BCUT2D eigenvalue weighted by molar-refractivity contribution is -0.262. The first-order valence-corrected chi connectivity index (χ1v) is 12.0. The Hall–Kier alpha value is -3.72. The molecule has 3 aromatic rings. The summed E-state index contributed by atoms with van der Waals surface area (Å²) < 4.78 is 24.7. The van der Waals surface area contributed by atoms with Crippen LogP contribution in [-0.2, 0) is 43.6 Å². The zero-order chi connectivity index (χ0) is 25.9. The Morgan fingerprint density at radius 3 is 1.62 bits per heavy atom. The third-order valence-electron chi connectivity index (χ3n) is 6.06. The van der Waals surface area contributed by atoms with Crippen molar-refractivity contribution >= 4 is 5.97 Å².